The molecule has 4 heteroatoms. The summed E-state index contributed by atoms with van der Waals surface area (Å²) in [5, 5.41) is 0. The average Bonchev–Trinajstić information content (AvgIpc) is 2.93. The third-order valence-corrected chi connectivity index (χ3v) is 3.28. The summed E-state index contributed by atoms with van der Waals surface area (Å²) in [4.78, 5) is 22.7. The van der Waals surface area contributed by atoms with Gasteiger partial charge in [-0.05, 0) is 13.0 Å². The molecule has 2 aromatic heterocycles. The van der Waals surface area contributed by atoms with Crippen LogP contribution in [0.25, 0.3) is 11.2 Å². The number of ketones is 1. The summed E-state index contributed by atoms with van der Waals surface area (Å²) in [7, 11) is 0. The van der Waals surface area contributed by atoms with Gasteiger partial charge in [-0.15, -0.1) is 0 Å². The van der Waals surface area contributed by atoms with Crippen LogP contribution in [0.1, 0.15) is 28.4 Å². The van der Waals surface area contributed by atoms with Crippen molar-refractivity contribution in [3.8, 4) is 0 Å². The number of ether oxygens (including phenoxy) is 1. The van der Waals surface area contributed by atoms with E-state index in [1.54, 1.807) is 6.07 Å². The van der Waals surface area contributed by atoms with E-state index in [2.05, 4.69) is 6.58 Å². The first-order valence-corrected chi connectivity index (χ1v) is 5.83. The lowest BCUT2D eigenvalue weighted by Crippen LogP contribution is -2.16. The highest BCUT2D eigenvalue weighted by atomic mass is 16.5. The van der Waals surface area contributed by atoms with Crippen molar-refractivity contribution in [2.24, 2.45) is 0 Å². The normalized spacial score (nSPS) is 15.3. The van der Waals surface area contributed by atoms with E-state index in [0.717, 1.165) is 22.8 Å². The zero-order chi connectivity index (χ0) is 12.9. The number of carbonyl (C=O) groups excluding carboxylic acids is 2. The minimum absolute atomic E-state index is 0.112. The van der Waals surface area contributed by atoms with E-state index in [0.29, 0.717) is 24.0 Å². The van der Waals surface area contributed by atoms with Gasteiger partial charge in [0.25, 0.3) is 0 Å². The van der Waals surface area contributed by atoms with Crippen LogP contribution in [0.3, 0.4) is 0 Å². The van der Waals surface area contributed by atoms with Crippen LogP contribution >= 0.6 is 0 Å². The summed E-state index contributed by atoms with van der Waals surface area (Å²) in [6.45, 7) is 5.17. The number of Topliss-reactive ketones (excluding diaryl/α,β-unsaturated/α-hetero) is 1. The van der Waals surface area contributed by atoms with Gasteiger partial charge in [0.15, 0.2) is 5.78 Å². The third kappa shape index (κ3) is 1.45. The third-order valence-electron chi connectivity index (χ3n) is 3.28. The van der Waals surface area contributed by atoms with Crippen LogP contribution in [0, 0.1) is 0 Å². The van der Waals surface area contributed by atoms with Gasteiger partial charge in [-0.25, -0.2) is 4.79 Å². The molecular weight excluding hydrogens is 232 g/mol. The fourth-order valence-electron chi connectivity index (χ4n) is 2.50. The quantitative estimate of drug-likeness (QED) is 0.611. The summed E-state index contributed by atoms with van der Waals surface area (Å²) in [6, 6.07) is 1.78. The van der Waals surface area contributed by atoms with Crippen LogP contribution in [0.4, 0.5) is 0 Å². The zero-order valence-electron chi connectivity index (χ0n) is 9.99. The van der Waals surface area contributed by atoms with Crippen LogP contribution in [-0.4, -0.2) is 17.9 Å². The highest BCUT2D eigenvalue weighted by Gasteiger charge is 2.32. The van der Waals surface area contributed by atoms with Crippen molar-refractivity contribution < 1.29 is 18.7 Å². The molecule has 0 fully saturated rings. The van der Waals surface area contributed by atoms with Gasteiger partial charge in [0.05, 0.1) is 5.56 Å². The number of fused-ring (bicyclic) bond motifs is 1. The number of rotatable bonds is 4. The first kappa shape index (κ1) is 11.0. The monoisotopic (exact) mass is 244 g/mol. The predicted octanol–water partition coefficient (Wildman–Crippen LogP) is 2.27. The SMILES string of the molecule is C=CC(=O)OC(C)Cc1c2c3oc1cc3C(=O)C2. The Morgan fingerprint density at radius 1 is 1.67 bits per heavy atom. The van der Waals surface area contributed by atoms with Crippen LogP contribution in [0.5, 0.6) is 0 Å². The second kappa shape index (κ2) is 3.70. The fourth-order valence-corrected chi connectivity index (χ4v) is 2.50. The largest absolute Gasteiger partial charge is 0.459 e. The lowest BCUT2D eigenvalue weighted by atomic mass is 10.0. The van der Waals surface area contributed by atoms with Crippen molar-refractivity contribution in [2.75, 3.05) is 0 Å². The lowest BCUT2D eigenvalue weighted by molar-refractivity contribution is -0.142. The van der Waals surface area contributed by atoms with Crippen molar-refractivity contribution in [2.45, 2.75) is 25.9 Å². The van der Waals surface area contributed by atoms with E-state index in [9.17, 15) is 9.59 Å². The van der Waals surface area contributed by atoms with Gasteiger partial charge in [-0.2, -0.15) is 0 Å². The molecule has 1 unspecified atom stereocenters. The molecule has 0 spiro atoms. The zero-order valence-corrected chi connectivity index (χ0v) is 9.99. The molecule has 0 amide bonds. The molecular formula is C14H12O4. The van der Waals surface area contributed by atoms with Gasteiger partial charge in [0, 0.05) is 30.0 Å². The molecule has 4 nitrogen and oxygen atoms in total. The Bertz CT molecular complexity index is 650. The van der Waals surface area contributed by atoms with Gasteiger partial charge in [0.1, 0.15) is 17.3 Å². The highest BCUT2D eigenvalue weighted by Crippen LogP contribution is 2.39. The number of hydrogen-bond acceptors (Lipinski definition) is 4. The molecule has 0 aliphatic heterocycles. The van der Waals surface area contributed by atoms with E-state index in [1.165, 1.54) is 0 Å². The summed E-state index contributed by atoms with van der Waals surface area (Å²) in [5.74, 6) is -0.325. The van der Waals surface area contributed by atoms with Crippen LogP contribution < -0.4 is 0 Å². The predicted molar refractivity (Wildman–Crippen MR) is 64.9 cm³/mol. The van der Waals surface area contributed by atoms with Crippen LogP contribution in [0.15, 0.2) is 23.1 Å². The second-order valence-electron chi connectivity index (χ2n) is 4.57. The molecule has 1 aliphatic rings. The Balaban J connectivity index is 1.83. The minimum atomic E-state index is -0.437. The summed E-state index contributed by atoms with van der Waals surface area (Å²) in [6.07, 6.45) is 1.85. The maximum Gasteiger partial charge on any atom is 0.330 e. The maximum atomic E-state index is 11.6. The molecule has 0 N–H and O–H groups in total. The second-order valence-corrected chi connectivity index (χ2v) is 4.57. The Morgan fingerprint density at radius 3 is 3.17 bits per heavy atom. The van der Waals surface area contributed by atoms with E-state index in [1.807, 2.05) is 6.92 Å². The fraction of sp³-hybridized carbons (Fsp3) is 0.286. The summed E-state index contributed by atoms with van der Waals surface area (Å²) >= 11 is 0. The molecule has 18 heavy (non-hydrogen) atoms. The number of hydrogen-bond donors (Lipinski definition) is 0. The van der Waals surface area contributed by atoms with Crippen molar-refractivity contribution in [3.05, 3.63) is 35.4 Å². The van der Waals surface area contributed by atoms with Gasteiger partial charge >= 0.3 is 5.97 Å². The summed E-state index contributed by atoms with van der Waals surface area (Å²) < 4.78 is 10.7. The molecule has 1 atom stereocenters. The number of carbonyl (C=O) groups is 2. The maximum absolute atomic E-state index is 11.6. The van der Waals surface area contributed by atoms with Crippen molar-refractivity contribution in [1.82, 2.24) is 0 Å². The molecule has 2 bridgehead atoms. The molecule has 1 aliphatic carbocycles. The van der Waals surface area contributed by atoms with Crippen molar-refractivity contribution in [3.63, 3.8) is 0 Å². The number of furan rings is 2. The number of benzene rings is 1. The molecule has 0 saturated carbocycles. The standard InChI is InChI=1S/C14H12O4/c1-3-13(16)17-7(2)4-8-9-5-11(15)10-6-12(8)18-14(9)10/h3,6-7H,1,4-5H2,2H3. The van der Waals surface area contributed by atoms with Crippen molar-refractivity contribution in [1.29, 1.82) is 0 Å². The minimum Gasteiger partial charge on any atom is -0.459 e. The van der Waals surface area contributed by atoms with Gasteiger partial charge in [0.2, 0.25) is 0 Å². The van der Waals surface area contributed by atoms with Gasteiger partial charge < -0.3 is 9.15 Å². The Morgan fingerprint density at radius 2 is 2.44 bits per heavy atom. The topological polar surface area (TPSA) is 56.5 Å². The Labute approximate surface area is 104 Å². The highest BCUT2D eigenvalue weighted by molar-refractivity contribution is 6.12. The van der Waals surface area contributed by atoms with E-state index in [-0.39, 0.29) is 11.9 Å². The Hall–Kier alpha value is -2.10. The van der Waals surface area contributed by atoms with E-state index >= 15 is 0 Å². The van der Waals surface area contributed by atoms with Crippen LogP contribution in [-0.2, 0) is 22.4 Å². The Kier molecular flexibility index (Phi) is 2.26. The molecule has 0 radical (unpaired) electrons. The first-order valence-electron chi connectivity index (χ1n) is 5.83. The average molecular weight is 244 g/mol. The molecule has 3 rings (SSSR count). The molecule has 92 valence electrons. The number of esters is 1. The molecule has 0 saturated heterocycles. The van der Waals surface area contributed by atoms with Crippen LogP contribution in [0.2, 0.25) is 0 Å². The van der Waals surface area contributed by atoms with E-state index < -0.39 is 5.97 Å². The van der Waals surface area contributed by atoms with Gasteiger partial charge in [-0.1, -0.05) is 6.58 Å². The molecule has 2 heterocycles. The first-order chi connectivity index (χ1) is 8.60. The van der Waals surface area contributed by atoms with E-state index in [4.69, 9.17) is 9.15 Å². The molecule has 0 aromatic carbocycles. The summed E-state index contributed by atoms with van der Waals surface area (Å²) in [5.41, 5.74) is 4.10. The lowest BCUT2D eigenvalue weighted by Gasteiger charge is -2.11. The van der Waals surface area contributed by atoms with Gasteiger partial charge in [-0.3, -0.25) is 4.79 Å². The smallest absolute Gasteiger partial charge is 0.330 e. The molecule has 2 aromatic rings. The van der Waals surface area contributed by atoms with Crippen molar-refractivity contribution >= 4 is 22.9 Å².